The van der Waals surface area contributed by atoms with E-state index in [4.69, 9.17) is 23.2 Å². The van der Waals surface area contributed by atoms with Gasteiger partial charge in [0, 0.05) is 12.4 Å². The molecule has 0 aliphatic heterocycles. The third kappa shape index (κ3) is 21.6. The van der Waals surface area contributed by atoms with E-state index in [2.05, 4.69) is 61.8 Å². The average Bonchev–Trinajstić information content (AvgIpc) is 3.00. The Labute approximate surface area is 301 Å². The van der Waals surface area contributed by atoms with Gasteiger partial charge in [-0.2, -0.15) is 35.8 Å². The van der Waals surface area contributed by atoms with Crippen LogP contribution >= 0.6 is 72.8 Å². The third-order valence-corrected chi connectivity index (χ3v) is 6.05. The van der Waals surface area contributed by atoms with Crippen molar-refractivity contribution in [3.8, 4) is 0 Å². The number of Topliss-reactive ketones (excluding diaryl/α,β-unsaturated/α-hetero) is 1. The van der Waals surface area contributed by atoms with Crippen LogP contribution in [0.2, 0.25) is 0 Å². The van der Waals surface area contributed by atoms with Crippen LogP contribution in [0.15, 0.2) is 36.7 Å². The van der Waals surface area contributed by atoms with Crippen molar-refractivity contribution in [2.45, 2.75) is 77.3 Å². The standard InChI is InChI=1S/C14H18ClFN2O2.C14H19FN2O3.CH2ClI.2H2S/c1-2-3-4-5-11(12(19)8-15)18-14(20)10-6-7-13(16)17-9-10;1-3-4-5-6-11(14(19)20-2)17-13(18)10-7-8-12(15)16-9-10;2-1-3;;/h6-7,9,11H,2-5,8H2,1H3,(H,18,20);7-9,11H,3-6H2,1-2H3,(H,17,18);1H2;2*1H2/t2*11-;;;/m00.../s1. The Morgan fingerprint density at radius 2 is 1.20 bits per heavy atom. The summed E-state index contributed by atoms with van der Waals surface area (Å²) in [5.41, 5.74) is 0.421. The summed E-state index contributed by atoms with van der Waals surface area (Å²) in [6.07, 6.45) is 9.00. The number of rotatable bonds is 15. The number of methoxy groups -OCH3 is 1. The van der Waals surface area contributed by atoms with E-state index in [9.17, 15) is 28.0 Å². The predicted octanol–water partition coefficient (Wildman–Crippen LogP) is 6.62. The van der Waals surface area contributed by atoms with Crippen LogP contribution in [-0.4, -0.2) is 62.5 Å². The molecule has 9 nitrogen and oxygen atoms in total. The summed E-state index contributed by atoms with van der Waals surface area (Å²) in [4.78, 5) is 54.0. The molecule has 2 aromatic rings. The first-order valence-electron chi connectivity index (χ1n) is 13.7. The van der Waals surface area contributed by atoms with E-state index < -0.39 is 41.8 Å². The van der Waals surface area contributed by atoms with Gasteiger partial charge in [0.2, 0.25) is 11.9 Å². The zero-order chi connectivity index (χ0) is 32.6. The summed E-state index contributed by atoms with van der Waals surface area (Å²) in [5.74, 6) is -3.07. The van der Waals surface area contributed by atoms with Crippen molar-refractivity contribution in [1.82, 2.24) is 20.6 Å². The maximum Gasteiger partial charge on any atom is 0.328 e. The molecule has 0 aromatic carbocycles. The minimum atomic E-state index is -0.691. The van der Waals surface area contributed by atoms with Gasteiger partial charge >= 0.3 is 5.97 Å². The lowest BCUT2D eigenvalue weighted by molar-refractivity contribution is -0.143. The van der Waals surface area contributed by atoms with Gasteiger partial charge in [0.1, 0.15) is 6.04 Å². The van der Waals surface area contributed by atoms with Crippen LogP contribution in [0.3, 0.4) is 0 Å². The second-order valence-corrected chi connectivity index (χ2v) is 11.2. The summed E-state index contributed by atoms with van der Waals surface area (Å²) in [7, 11) is 1.28. The van der Waals surface area contributed by atoms with Crippen molar-refractivity contribution in [3.63, 3.8) is 0 Å². The molecule has 0 saturated carbocycles. The highest BCUT2D eigenvalue weighted by molar-refractivity contribution is 14.1. The quantitative estimate of drug-likeness (QED) is 0.0680. The minimum Gasteiger partial charge on any atom is -0.467 e. The summed E-state index contributed by atoms with van der Waals surface area (Å²) >= 11 is 12.6. The third-order valence-electron chi connectivity index (χ3n) is 5.79. The Hall–Kier alpha value is -1.75. The molecule has 2 N–H and O–H groups in total. The number of pyridine rings is 2. The molecule has 2 heterocycles. The SMILES string of the molecule is CCCCC[C@H](NC(=O)c1ccc(F)nc1)C(=O)CCl.CCCCC[C@H](NC(=O)c1ccc(F)nc1)C(=O)OC.ClCI.S.S. The molecule has 0 aliphatic carbocycles. The Balaban J connectivity index is -0.000000692. The Morgan fingerprint density at radius 3 is 1.53 bits per heavy atom. The Bertz CT molecular complexity index is 1030. The second-order valence-electron chi connectivity index (χ2n) is 9.01. The number of carbonyl (C=O) groups excluding carboxylic acids is 4. The van der Waals surface area contributed by atoms with Crippen molar-refractivity contribution >= 4 is 96.4 Å². The van der Waals surface area contributed by atoms with Crippen LogP contribution in [0.5, 0.6) is 0 Å². The van der Waals surface area contributed by atoms with Crippen molar-refractivity contribution in [3.05, 3.63) is 59.7 Å². The number of amides is 2. The number of unbranched alkanes of at least 4 members (excludes halogenated alkanes) is 4. The highest BCUT2D eigenvalue weighted by Crippen LogP contribution is 2.09. The first-order valence-corrected chi connectivity index (χ1v) is 16.3. The molecule has 2 aromatic heterocycles. The number of ether oxygens (including phenoxy) is 1. The molecule has 2 amide bonds. The van der Waals surface area contributed by atoms with E-state index in [1.165, 1.54) is 19.2 Å². The van der Waals surface area contributed by atoms with Gasteiger partial charge in [-0.3, -0.25) is 14.4 Å². The van der Waals surface area contributed by atoms with Crippen LogP contribution in [0.1, 0.15) is 85.9 Å². The fraction of sp³-hybridized carbons (Fsp3) is 0.517. The molecule has 0 fully saturated rings. The van der Waals surface area contributed by atoms with E-state index in [0.29, 0.717) is 16.7 Å². The zero-order valence-corrected chi connectivity index (χ0v) is 31.2. The fourth-order valence-electron chi connectivity index (χ4n) is 3.50. The number of nitrogens with one attached hydrogen (secondary N) is 2. The van der Waals surface area contributed by atoms with Gasteiger partial charge in [0.15, 0.2) is 5.78 Å². The van der Waals surface area contributed by atoms with E-state index in [-0.39, 0.29) is 49.8 Å². The van der Waals surface area contributed by atoms with Crippen LogP contribution in [0, 0.1) is 11.9 Å². The topological polar surface area (TPSA) is 127 Å². The van der Waals surface area contributed by atoms with Gasteiger partial charge in [0.25, 0.3) is 11.8 Å². The largest absolute Gasteiger partial charge is 0.467 e. The zero-order valence-electron chi connectivity index (χ0n) is 25.5. The molecule has 0 spiro atoms. The summed E-state index contributed by atoms with van der Waals surface area (Å²) in [5, 5.41) is 5.21. The van der Waals surface area contributed by atoms with Gasteiger partial charge in [-0.15, -0.1) is 23.2 Å². The predicted molar refractivity (Wildman–Crippen MR) is 192 cm³/mol. The molecule has 0 bridgehead atoms. The number of alkyl halides is 3. The molecular formula is C29H43Cl2F2IN4O5S2. The smallest absolute Gasteiger partial charge is 0.328 e. The Kier molecular flexibility index (Phi) is 31.4. The van der Waals surface area contributed by atoms with Crippen LogP contribution < -0.4 is 10.6 Å². The van der Waals surface area contributed by atoms with Gasteiger partial charge in [0.05, 0.1) is 34.0 Å². The first-order chi connectivity index (χ1) is 20.6. The van der Waals surface area contributed by atoms with E-state index >= 15 is 0 Å². The second kappa shape index (κ2) is 29.6. The van der Waals surface area contributed by atoms with Gasteiger partial charge in [-0.25, -0.2) is 14.8 Å². The average molecular weight is 828 g/mol. The molecule has 0 aliphatic rings. The van der Waals surface area contributed by atoms with E-state index in [0.717, 1.165) is 63.1 Å². The number of halogens is 5. The van der Waals surface area contributed by atoms with Gasteiger partial charge in [-0.1, -0.05) is 75.0 Å². The molecule has 2 atom stereocenters. The molecule has 0 saturated heterocycles. The summed E-state index contributed by atoms with van der Waals surface area (Å²) < 4.78 is 30.7. The monoisotopic (exact) mass is 826 g/mol. The number of hydrogen-bond donors (Lipinski definition) is 2. The number of hydrogen-bond acceptors (Lipinski definition) is 7. The Morgan fingerprint density at radius 1 is 0.800 bits per heavy atom. The lowest BCUT2D eigenvalue weighted by Gasteiger charge is -2.16. The maximum absolute atomic E-state index is 12.7. The number of aromatic nitrogens is 2. The maximum atomic E-state index is 12.7. The number of nitrogens with zero attached hydrogens (tertiary/aromatic N) is 2. The first kappa shape index (κ1) is 47.7. The van der Waals surface area contributed by atoms with Crippen molar-refractivity contribution in [2.24, 2.45) is 0 Å². The van der Waals surface area contributed by atoms with Crippen LogP contribution in [-0.2, 0) is 14.3 Å². The number of esters is 1. The van der Waals surface area contributed by atoms with Gasteiger partial charge < -0.3 is 15.4 Å². The number of ketones is 1. The lowest BCUT2D eigenvalue weighted by Crippen LogP contribution is -2.41. The van der Waals surface area contributed by atoms with E-state index in [1.54, 1.807) is 0 Å². The fourth-order valence-corrected chi connectivity index (χ4v) is 3.68. The molecule has 45 heavy (non-hydrogen) atoms. The molecule has 256 valence electrons. The van der Waals surface area contributed by atoms with E-state index in [1.807, 2.05) is 0 Å². The molecule has 2 rings (SSSR count). The molecule has 0 radical (unpaired) electrons. The van der Waals surface area contributed by atoms with Crippen molar-refractivity contribution < 1.29 is 32.7 Å². The summed E-state index contributed by atoms with van der Waals surface area (Å²) in [6, 6.07) is 3.55. The van der Waals surface area contributed by atoms with Crippen molar-refractivity contribution in [2.75, 3.05) is 16.9 Å². The summed E-state index contributed by atoms with van der Waals surface area (Å²) in [6.45, 7) is 4.11. The molecule has 0 unspecified atom stereocenters. The lowest BCUT2D eigenvalue weighted by atomic mass is 10.0. The van der Waals surface area contributed by atoms with Crippen LogP contribution in [0.25, 0.3) is 0 Å². The minimum absolute atomic E-state index is 0. The molecule has 16 heteroatoms. The van der Waals surface area contributed by atoms with Crippen LogP contribution in [0.4, 0.5) is 8.78 Å². The highest BCUT2D eigenvalue weighted by Gasteiger charge is 2.22. The van der Waals surface area contributed by atoms with Crippen molar-refractivity contribution in [1.29, 1.82) is 0 Å². The van der Waals surface area contributed by atoms with Gasteiger partial charge in [-0.05, 0) is 37.1 Å². The molecular weight excluding hydrogens is 784 g/mol. The number of carbonyl (C=O) groups is 4. The normalized spacial score (nSPS) is 10.9. The highest BCUT2D eigenvalue weighted by atomic mass is 127.